The van der Waals surface area contributed by atoms with Gasteiger partial charge in [-0.05, 0) is 61.4 Å². The first-order chi connectivity index (χ1) is 15.2. The number of hydrogen-bond donors (Lipinski definition) is 1. The molecule has 1 aliphatic heterocycles. The van der Waals surface area contributed by atoms with Gasteiger partial charge in [0.2, 0.25) is 5.91 Å². The van der Waals surface area contributed by atoms with Crippen molar-refractivity contribution in [1.82, 2.24) is 4.98 Å². The minimum Gasteiger partial charge on any atom is -0.486 e. The molecule has 7 heteroatoms. The van der Waals surface area contributed by atoms with Gasteiger partial charge in [0, 0.05) is 34.9 Å². The molecule has 1 amide bonds. The number of nitrogens with zero attached hydrogens (tertiary/aromatic N) is 2. The second-order valence-corrected chi connectivity index (χ2v) is 9.03. The van der Waals surface area contributed by atoms with Crippen molar-refractivity contribution in [1.29, 1.82) is 0 Å². The summed E-state index contributed by atoms with van der Waals surface area (Å²) in [7, 11) is 0. The van der Waals surface area contributed by atoms with E-state index >= 15 is 0 Å². The van der Waals surface area contributed by atoms with Crippen molar-refractivity contribution >= 4 is 40.2 Å². The summed E-state index contributed by atoms with van der Waals surface area (Å²) in [5, 5.41) is 6.38. The van der Waals surface area contributed by atoms with Gasteiger partial charge in [0.25, 0.3) is 0 Å². The molecule has 2 aromatic carbocycles. The number of thiazole rings is 1. The van der Waals surface area contributed by atoms with Crippen LogP contribution in [0.3, 0.4) is 0 Å². The van der Waals surface area contributed by atoms with Crippen LogP contribution in [0.5, 0.6) is 5.75 Å². The molecular weight excluding hydrogens is 430 g/mol. The van der Waals surface area contributed by atoms with Gasteiger partial charge in [-0.2, -0.15) is 0 Å². The number of carbonyl (C=O) groups is 1. The van der Waals surface area contributed by atoms with Crippen molar-refractivity contribution in [3.63, 3.8) is 0 Å². The van der Waals surface area contributed by atoms with E-state index in [9.17, 15) is 4.79 Å². The third kappa shape index (κ3) is 6.45. The van der Waals surface area contributed by atoms with E-state index in [1.807, 2.05) is 29.6 Å². The van der Waals surface area contributed by atoms with Crippen molar-refractivity contribution in [2.45, 2.75) is 38.7 Å². The van der Waals surface area contributed by atoms with Crippen molar-refractivity contribution in [3.05, 3.63) is 69.6 Å². The zero-order valence-electron chi connectivity index (χ0n) is 17.4. The summed E-state index contributed by atoms with van der Waals surface area (Å²) in [5.41, 5.74) is 2.79. The van der Waals surface area contributed by atoms with E-state index in [1.54, 1.807) is 12.1 Å². The Bertz CT molecular complexity index is 981. The van der Waals surface area contributed by atoms with Gasteiger partial charge in [-0.25, -0.2) is 4.98 Å². The molecule has 0 aliphatic carbocycles. The lowest BCUT2D eigenvalue weighted by Crippen LogP contribution is -2.23. The summed E-state index contributed by atoms with van der Waals surface area (Å²) in [6.45, 7) is 2.59. The number of hydrogen-bond acceptors (Lipinski definition) is 5. The quantitative estimate of drug-likeness (QED) is 0.479. The highest BCUT2D eigenvalue weighted by Gasteiger charge is 2.11. The van der Waals surface area contributed by atoms with Crippen molar-refractivity contribution in [2.24, 2.45) is 0 Å². The highest BCUT2D eigenvalue weighted by Crippen LogP contribution is 2.22. The minimum atomic E-state index is -0.0713. The number of amides is 1. The van der Waals surface area contributed by atoms with Crippen LogP contribution in [0.4, 0.5) is 11.4 Å². The van der Waals surface area contributed by atoms with E-state index in [4.69, 9.17) is 16.3 Å². The SMILES string of the molecule is O=C(Cc1csc(COc2ccc(Cl)cc2)n1)Nc1ccc(N2CCCCCC2)cc1. The molecule has 0 atom stereocenters. The predicted molar refractivity (Wildman–Crippen MR) is 127 cm³/mol. The minimum absolute atomic E-state index is 0.0713. The Kier molecular flexibility index (Phi) is 7.43. The smallest absolute Gasteiger partial charge is 0.230 e. The molecule has 5 nitrogen and oxygen atoms in total. The van der Waals surface area contributed by atoms with Crippen LogP contribution >= 0.6 is 22.9 Å². The molecule has 2 heterocycles. The topological polar surface area (TPSA) is 54.5 Å². The number of rotatable bonds is 7. The van der Waals surface area contributed by atoms with Gasteiger partial charge in [-0.1, -0.05) is 24.4 Å². The Labute approximate surface area is 192 Å². The van der Waals surface area contributed by atoms with Crippen molar-refractivity contribution in [2.75, 3.05) is 23.3 Å². The molecule has 0 spiro atoms. The van der Waals surface area contributed by atoms with E-state index in [0.29, 0.717) is 11.6 Å². The fraction of sp³-hybridized carbons (Fsp3) is 0.333. The molecule has 162 valence electrons. The normalized spacial score (nSPS) is 14.2. The lowest BCUT2D eigenvalue weighted by atomic mass is 10.2. The number of halogens is 1. The monoisotopic (exact) mass is 455 g/mol. The van der Waals surface area contributed by atoms with Crippen LogP contribution in [0.2, 0.25) is 5.02 Å². The maximum Gasteiger partial charge on any atom is 0.230 e. The first-order valence-corrected chi connectivity index (χ1v) is 11.9. The summed E-state index contributed by atoms with van der Waals surface area (Å²) >= 11 is 7.37. The molecule has 3 aromatic rings. The second-order valence-electron chi connectivity index (χ2n) is 7.65. The highest BCUT2D eigenvalue weighted by molar-refractivity contribution is 7.09. The number of anilines is 2. The number of aromatic nitrogens is 1. The van der Waals surface area contributed by atoms with E-state index in [1.165, 1.54) is 42.7 Å². The molecule has 0 radical (unpaired) electrons. The molecule has 4 rings (SSSR count). The van der Waals surface area contributed by atoms with E-state index in [0.717, 1.165) is 35.2 Å². The summed E-state index contributed by atoms with van der Waals surface area (Å²) in [4.78, 5) is 19.4. The number of nitrogens with one attached hydrogen (secondary N) is 1. The lowest BCUT2D eigenvalue weighted by Gasteiger charge is -2.22. The van der Waals surface area contributed by atoms with Crippen LogP contribution in [0, 0.1) is 0 Å². The number of benzene rings is 2. The predicted octanol–water partition coefficient (Wildman–Crippen LogP) is 5.94. The van der Waals surface area contributed by atoms with Crippen LogP contribution in [-0.4, -0.2) is 24.0 Å². The zero-order valence-corrected chi connectivity index (χ0v) is 18.9. The van der Waals surface area contributed by atoms with Gasteiger partial charge in [0.1, 0.15) is 17.4 Å². The van der Waals surface area contributed by atoms with Crippen LogP contribution in [0.25, 0.3) is 0 Å². The first kappa shape index (κ1) is 21.7. The molecule has 1 aromatic heterocycles. The van der Waals surface area contributed by atoms with Crippen LogP contribution in [0.1, 0.15) is 36.4 Å². The maximum atomic E-state index is 12.4. The maximum absolute atomic E-state index is 12.4. The lowest BCUT2D eigenvalue weighted by molar-refractivity contribution is -0.115. The van der Waals surface area contributed by atoms with E-state index < -0.39 is 0 Å². The Morgan fingerprint density at radius 3 is 2.45 bits per heavy atom. The summed E-state index contributed by atoms with van der Waals surface area (Å²) in [5.74, 6) is 0.667. The summed E-state index contributed by atoms with van der Waals surface area (Å²) in [6.07, 6.45) is 5.37. The molecule has 31 heavy (non-hydrogen) atoms. The molecule has 1 saturated heterocycles. The van der Waals surface area contributed by atoms with E-state index in [-0.39, 0.29) is 12.3 Å². The van der Waals surface area contributed by atoms with Crippen LogP contribution in [-0.2, 0) is 17.8 Å². The van der Waals surface area contributed by atoms with Crippen molar-refractivity contribution in [3.8, 4) is 5.75 Å². The fourth-order valence-electron chi connectivity index (χ4n) is 3.63. The number of carbonyl (C=O) groups excluding carboxylic acids is 1. The molecule has 1 aliphatic rings. The summed E-state index contributed by atoms with van der Waals surface area (Å²) < 4.78 is 5.71. The second kappa shape index (κ2) is 10.6. The Balaban J connectivity index is 1.26. The highest BCUT2D eigenvalue weighted by atomic mass is 35.5. The molecule has 1 N–H and O–H groups in total. The van der Waals surface area contributed by atoms with Crippen LogP contribution < -0.4 is 15.0 Å². The fourth-order valence-corrected chi connectivity index (χ4v) is 4.46. The largest absolute Gasteiger partial charge is 0.486 e. The van der Waals surface area contributed by atoms with Gasteiger partial charge < -0.3 is 15.0 Å². The zero-order chi connectivity index (χ0) is 21.5. The standard InChI is InChI=1S/C24H26ClN3O2S/c25-18-5-11-22(12-6-18)30-16-24-27-20(17-31-24)15-23(29)26-19-7-9-21(10-8-19)28-13-3-1-2-4-14-28/h5-12,17H,1-4,13-16H2,(H,26,29). The molecule has 0 unspecified atom stereocenters. The van der Waals surface area contributed by atoms with Gasteiger partial charge in [0.15, 0.2) is 0 Å². The Hall–Kier alpha value is -2.57. The average molecular weight is 456 g/mol. The summed E-state index contributed by atoms with van der Waals surface area (Å²) in [6, 6.07) is 15.4. The van der Waals surface area contributed by atoms with E-state index in [2.05, 4.69) is 27.3 Å². The third-order valence-corrected chi connectivity index (χ3v) is 6.36. The first-order valence-electron chi connectivity index (χ1n) is 10.6. The van der Waals surface area contributed by atoms with Gasteiger partial charge in [-0.3, -0.25) is 4.79 Å². The molecule has 0 bridgehead atoms. The van der Waals surface area contributed by atoms with Gasteiger partial charge in [-0.15, -0.1) is 11.3 Å². The average Bonchev–Trinajstić information content (AvgIpc) is 3.04. The van der Waals surface area contributed by atoms with Gasteiger partial charge >= 0.3 is 0 Å². The van der Waals surface area contributed by atoms with Crippen molar-refractivity contribution < 1.29 is 9.53 Å². The van der Waals surface area contributed by atoms with Gasteiger partial charge in [0.05, 0.1) is 12.1 Å². The molecule has 1 fully saturated rings. The van der Waals surface area contributed by atoms with Crippen LogP contribution in [0.15, 0.2) is 53.9 Å². The molecular formula is C24H26ClN3O2S. The third-order valence-electron chi connectivity index (χ3n) is 5.24. The number of ether oxygens (including phenoxy) is 1. The molecule has 0 saturated carbocycles. The Morgan fingerprint density at radius 1 is 1.03 bits per heavy atom. The Morgan fingerprint density at radius 2 is 1.74 bits per heavy atom.